The zero-order valence-electron chi connectivity index (χ0n) is 14.0. The zero-order valence-corrected chi connectivity index (χ0v) is 16.4. The number of aromatic nitrogens is 2. The summed E-state index contributed by atoms with van der Waals surface area (Å²) in [5.74, 6) is 1.61. The predicted molar refractivity (Wildman–Crippen MR) is 103 cm³/mol. The molecule has 0 bridgehead atoms. The Hall–Kier alpha value is -1.77. The molecule has 0 saturated heterocycles. The molecule has 25 heavy (non-hydrogen) atoms. The normalized spacial score (nSPS) is 10.9. The molecule has 0 atom stereocenters. The number of nitrogens with one attached hydrogen (secondary N) is 1. The molecule has 6 nitrogen and oxygen atoms in total. The number of carbonyl (C=O) groups excluding carboxylic acids is 1. The second-order valence-electron chi connectivity index (χ2n) is 4.60. The number of benzene rings is 1. The lowest BCUT2D eigenvalue weighted by Crippen LogP contribution is -2.07. The van der Waals surface area contributed by atoms with Crippen molar-refractivity contribution >= 4 is 51.8 Å². The van der Waals surface area contributed by atoms with Gasteiger partial charge < -0.3 is 9.47 Å². The van der Waals surface area contributed by atoms with E-state index >= 15 is 0 Å². The van der Waals surface area contributed by atoms with E-state index in [9.17, 15) is 4.79 Å². The Morgan fingerprint density at radius 2 is 2.20 bits per heavy atom. The topological polar surface area (TPSA) is 73.3 Å². The van der Waals surface area contributed by atoms with E-state index in [-0.39, 0.29) is 5.91 Å². The molecular weight excluding hydrogens is 382 g/mol. The molecular formula is C16H18ClN3O3S2. The number of carbonyl (C=O) groups is 1. The average molecular weight is 400 g/mol. The highest BCUT2D eigenvalue weighted by Gasteiger charge is 2.11. The summed E-state index contributed by atoms with van der Waals surface area (Å²) in [6, 6.07) is 3.46. The highest BCUT2D eigenvalue weighted by atomic mass is 35.5. The van der Waals surface area contributed by atoms with E-state index in [1.54, 1.807) is 30.0 Å². The smallest absolute Gasteiger partial charge is 0.250 e. The third kappa shape index (κ3) is 5.62. The number of hydrogen-bond donors (Lipinski definition) is 1. The first kappa shape index (κ1) is 19.6. The third-order valence-corrected chi connectivity index (χ3v) is 5.00. The van der Waals surface area contributed by atoms with Gasteiger partial charge in [-0.25, -0.2) is 0 Å². The summed E-state index contributed by atoms with van der Waals surface area (Å²) in [6.45, 7) is 4.38. The lowest BCUT2D eigenvalue weighted by atomic mass is 10.2. The van der Waals surface area contributed by atoms with E-state index in [1.807, 2.05) is 13.8 Å². The molecule has 134 valence electrons. The quantitative estimate of drug-likeness (QED) is 0.404. The van der Waals surface area contributed by atoms with Gasteiger partial charge in [0.1, 0.15) is 0 Å². The predicted octanol–water partition coefficient (Wildman–Crippen LogP) is 4.36. The maximum Gasteiger partial charge on any atom is 0.250 e. The number of amides is 1. The number of thioether (sulfide) groups is 1. The number of rotatable bonds is 8. The van der Waals surface area contributed by atoms with E-state index < -0.39 is 0 Å². The molecule has 1 aromatic heterocycles. The van der Waals surface area contributed by atoms with Crippen molar-refractivity contribution in [2.75, 3.05) is 24.8 Å². The number of nitrogens with zero attached hydrogens (tertiary/aromatic N) is 2. The van der Waals surface area contributed by atoms with Crippen LogP contribution < -0.4 is 14.8 Å². The molecule has 0 fully saturated rings. The van der Waals surface area contributed by atoms with Crippen molar-refractivity contribution in [2.45, 2.75) is 18.2 Å². The minimum Gasteiger partial charge on any atom is -0.491 e. The van der Waals surface area contributed by atoms with Gasteiger partial charge in [0.2, 0.25) is 11.0 Å². The average Bonchev–Trinajstić information content (AvgIpc) is 3.00. The van der Waals surface area contributed by atoms with Gasteiger partial charge in [0.05, 0.1) is 18.7 Å². The van der Waals surface area contributed by atoms with Gasteiger partial charge in [-0.1, -0.05) is 41.6 Å². The molecule has 1 heterocycles. The lowest BCUT2D eigenvalue weighted by molar-refractivity contribution is -0.111. The monoisotopic (exact) mass is 399 g/mol. The molecule has 0 aliphatic heterocycles. The fourth-order valence-electron chi connectivity index (χ4n) is 1.91. The van der Waals surface area contributed by atoms with Crippen LogP contribution in [0.4, 0.5) is 5.13 Å². The maximum absolute atomic E-state index is 12.0. The molecule has 0 radical (unpaired) electrons. The van der Waals surface area contributed by atoms with Crippen LogP contribution in [0.1, 0.15) is 19.4 Å². The van der Waals surface area contributed by atoms with E-state index in [0.29, 0.717) is 28.3 Å². The first-order chi connectivity index (χ1) is 12.1. The third-order valence-electron chi connectivity index (χ3n) is 2.87. The molecule has 0 aliphatic carbocycles. The Balaban J connectivity index is 2.08. The molecule has 0 aliphatic rings. The highest BCUT2D eigenvalue weighted by molar-refractivity contribution is 8.01. The summed E-state index contributed by atoms with van der Waals surface area (Å²) in [4.78, 5) is 12.0. The fraction of sp³-hybridized carbons (Fsp3) is 0.312. The number of halogens is 1. The first-order valence-electron chi connectivity index (χ1n) is 7.53. The SMILES string of the molecule is CCOc1cc(/C=C/C(=O)Nc2nnc(SCC)s2)cc(Cl)c1OC. The second-order valence-corrected chi connectivity index (χ2v) is 7.49. The van der Waals surface area contributed by atoms with Gasteiger partial charge in [-0.3, -0.25) is 10.1 Å². The highest BCUT2D eigenvalue weighted by Crippen LogP contribution is 2.36. The Kier molecular flexibility index (Phi) is 7.54. The van der Waals surface area contributed by atoms with Gasteiger partial charge in [-0.15, -0.1) is 10.2 Å². The summed E-state index contributed by atoms with van der Waals surface area (Å²) < 4.78 is 11.6. The van der Waals surface area contributed by atoms with Crippen LogP contribution in [-0.4, -0.2) is 35.6 Å². The van der Waals surface area contributed by atoms with Crippen molar-refractivity contribution in [2.24, 2.45) is 0 Å². The number of methoxy groups -OCH3 is 1. The standard InChI is InChI=1S/C16H18ClN3O3S2/c1-4-23-12-9-10(8-11(17)14(12)22-3)6-7-13(21)18-15-19-20-16(25-15)24-5-2/h6-9H,4-5H2,1-3H3,(H,18,19,21)/b7-6+. The van der Waals surface area contributed by atoms with Crippen molar-refractivity contribution < 1.29 is 14.3 Å². The molecule has 0 spiro atoms. The van der Waals surface area contributed by atoms with E-state index in [4.69, 9.17) is 21.1 Å². The van der Waals surface area contributed by atoms with Crippen molar-refractivity contribution in [3.63, 3.8) is 0 Å². The Morgan fingerprint density at radius 3 is 2.88 bits per heavy atom. The minimum atomic E-state index is -0.297. The van der Waals surface area contributed by atoms with Crippen molar-refractivity contribution in [3.05, 3.63) is 28.8 Å². The van der Waals surface area contributed by atoms with Gasteiger partial charge in [-0.2, -0.15) is 0 Å². The fourth-order valence-corrected chi connectivity index (χ4v) is 3.85. The zero-order chi connectivity index (χ0) is 18.2. The van der Waals surface area contributed by atoms with Gasteiger partial charge in [0.25, 0.3) is 0 Å². The summed E-state index contributed by atoms with van der Waals surface area (Å²) in [7, 11) is 1.53. The van der Waals surface area contributed by atoms with Gasteiger partial charge in [-0.05, 0) is 36.4 Å². The van der Waals surface area contributed by atoms with Crippen molar-refractivity contribution in [3.8, 4) is 11.5 Å². The molecule has 2 aromatic rings. The van der Waals surface area contributed by atoms with E-state index in [1.165, 1.54) is 24.5 Å². The van der Waals surface area contributed by atoms with Gasteiger partial charge >= 0.3 is 0 Å². The largest absolute Gasteiger partial charge is 0.491 e. The van der Waals surface area contributed by atoms with Crippen LogP contribution in [0.3, 0.4) is 0 Å². The number of ether oxygens (including phenoxy) is 2. The van der Waals surface area contributed by atoms with Crippen molar-refractivity contribution in [1.29, 1.82) is 0 Å². The summed E-state index contributed by atoms with van der Waals surface area (Å²) >= 11 is 9.11. The molecule has 2 rings (SSSR count). The van der Waals surface area contributed by atoms with Crippen LogP contribution in [0.5, 0.6) is 11.5 Å². The Morgan fingerprint density at radius 1 is 1.40 bits per heavy atom. The van der Waals surface area contributed by atoms with Crippen molar-refractivity contribution in [1.82, 2.24) is 10.2 Å². The molecule has 0 saturated carbocycles. The Labute approximate surface area is 159 Å². The summed E-state index contributed by atoms with van der Waals surface area (Å²) in [5, 5.41) is 11.5. The van der Waals surface area contributed by atoms with E-state index in [0.717, 1.165) is 15.7 Å². The molecule has 1 aromatic carbocycles. The molecule has 1 amide bonds. The van der Waals surface area contributed by atoms with Crippen LogP contribution in [0.2, 0.25) is 5.02 Å². The van der Waals surface area contributed by atoms with Crippen LogP contribution in [-0.2, 0) is 4.79 Å². The molecule has 0 unspecified atom stereocenters. The number of hydrogen-bond acceptors (Lipinski definition) is 7. The Bertz CT molecular complexity index is 765. The summed E-state index contributed by atoms with van der Waals surface area (Å²) in [5.41, 5.74) is 0.726. The molecule has 9 heteroatoms. The van der Waals surface area contributed by atoms with Crippen LogP contribution in [0, 0.1) is 0 Å². The minimum absolute atomic E-state index is 0.297. The lowest BCUT2D eigenvalue weighted by Gasteiger charge is -2.11. The number of anilines is 1. The van der Waals surface area contributed by atoms with Gasteiger partial charge in [0, 0.05) is 6.08 Å². The second kappa shape index (κ2) is 9.65. The van der Waals surface area contributed by atoms with Crippen LogP contribution in [0.25, 0.3) is 6.08 Å². The summed E-state index contributed by atoms with van der Waals surface area (Å²) in [6.07, 6.45) is 3.05. The molecule has 1 N–H and O–H groups in total. The maximum atomic E-state index is 12.0. The first-order valence-corrected chi connectivity index (χ1v) is 9.71. The van der Waals surface area contributed by atoms with Gasteiger partial charge in [0.15, 0.2) is 15.8 Å². The van der Waals surface area contributed by atoms with E-state index in [2.05, 4.69) is 15.5 Å². The van der Waals surface area contributed by atoms with Crippen LogP contribution in [0.15, 0.2) is 22.5 Å². The van der Waals surface area contributed by atoms with Crippen LogP contribution >= 0.6 is 34.7 Å².